The second kappa shape index (κ2) is 7.64. The van der Waals surface area contributed by atoms with Gasteiger partial charge in [0.25, 0.3) is 0 Å². The first-order chi connectivity index (χ1) is 11.6. The molecule has 0 unspecified atom stereocenters. The minimum Gasteiger partial charge on any atom is -0.405 e. The van der Waals surface area contributed by atoms with E-state index in [0.29, 0.717) is 0 Å². The van der Waals surface area contributed by atoms with Crippen molar-refractivity contribution in [2.24, 2.45) is 0 Å². The van der Waals surface area contributed by atoms with Gasteiger partial charge in [0.05, 0.1) is 0 Å². The quantitative estimate of drug-likeness (QED) is 0.748. The van der Waals surface area contributed by atoms with E-state index in [-0.39, 0.29) is 35.7 Å². The van der Waals surface area contributed by atoms with Gasteiger partial charge in [-0.1, -0.05) is 36.4 Å². The van der Waals surface area contributed by atoms with Crippen molar-refractivity contribution in [1.29, 1.82) is 0 Å². The van der Waals surface area contributed by atoms with Gasteiger partial charge in [0.1, 0.15) is 11.5 Å². The van der Waals surface area contributed by atoms with Gasteiger partial charge in [-0.05, 0) is 12.1 Å². The minimum absolute atomic E-state index is 0.0351. The Labute approximate surface area is 139 Å². The summed E-state index contributed by atoms with van der Waals surface area (Å²) in [5, 5.41) is 2.78. The van der Waals surface area contributed by atoms with E-state index in [1.54, 1.807) is 0 Å². The first-order valence-electron chi connectivity index (χ1n) is 7.02. The van der Waals surface area contributed by atoms with Gasteiger partial charge in [-0.3, -0.25) is 0 Å². The molecule has 2 rings (SSSR count). The van der Waals surface area contributed by atoms with Gasteiger partial charge in [-0.15, -0.1) is 26.3 Å². The van der Waals surface area contributed by atoms with Crippen molar-refractivity contribution < 1.29 is 35.8 Å². The predicted molar refractivity (Wildman–Crippen MR) is 76.8 cm³/mol. The highest BCUT2D eigenvalue weighted by atomic mass is 19.4. The van der Waals surface area contributed by atoms with Crippen LogP contribution in [0.5, 0.6) is 11.5 Å². The number of para-hydroxylation sites is 2. The highest BCUT2D eigenvalue weighted by Gasteiger charge is 2.32. The maximum Gasteiger partial charge on any atom is 0.573 e. The van der Waals surface area contributed by atoms with Crippen LogP contribution in [0.15, 0.2) is 48.5 Å². The average Bonchev–Trinajstić information content (AvgIpc) is 2.48. The largest absolute Gasteiger partial charge is 0.573 e. The molecule has 0 aliphatic rings. The number of ether oxygens (including phenoxy) is 2. The molecule has 2 aromatic rings. The standard InChI is InChI=1S/C16H13F6NO2/c17-15(18,19)24-13-7-3-1-5-11(13)9-23-10-12-6-2-4-8-14(12)25-16(20,21)22/h1-8,23H,9-10H2. The maximum atomic E-state index is 12.4. The number of hydrogen-bond acceptors (Lipinski definition) is 3. The molecule has 0 aliphatic heterocycles. The third-order valence-corrected chi connectivity index (χ3v) is 3.03. The lowest BCUT2D eigenvalue weighted by molar-refractivity contribution is -0.275. The van der Waals surface area contributed by atoms with Gasteiger partial charge < -0.3 is 14.8 Å². The molecule has 0 atom stereocenters. The van der Waals surface area contributed by atoms with Gasteiger partial charge >= 0.3 is 12.7 Å². The molecule has 1 N–H and O–H groups in total. The number of halogens is 6. The summed E-state index contributed by atoms with van der Waals surface area (Å²) in [6.07, 6.45) is -9.66. The van der Waals surface area contributed by atoms with E-state index in [2.05, 4.69) is 14.8 Å². The van der Waals surface area contributed by atoms with Gasteiger partial charge in [0.2, 0.25) is 0 Å². The lowest BCUT2D eigenvalue weighted by Gasteiger charge is -2.15. The molecule has 0 spiro atoms. The van der Waals surface area contributed by atoms with Crippen LogP contribution in [0, 0.1) is 0 Å². The zero-order valence-corrected chi connectivity index (χ0v) is 12.6. The zero-order chi connectivity index (χ0) is 18.5. The summed E-state index contributed by atoms with van der Waals surface area (Å²) in [7, 11) is 0. The van der Waals surface area contributed by atoms with Crippen molar-refractivity contribution in [1.82, 2.24) is 5.32 Å². The Morgan fingerprint density at radius 1 is 0.640 bits per heavy atom. The fraction of sp³-hybridized carbons (Fsp3) is 0.250. The molecule has 0 aromatic heterocycles. The van der Waals surface area contributed by atoms with E-state index in [4.69, 9.17) is 0 Å². The smallest absolute Gasteiger partial charge is 0.405 e. The first kappa shape index (κ1) is 18.9. The summed E-state index contributed by atoms with van der Waals surface area (Å²) in [5.74, 6) is -0.746. The van der Waals surface area contributed by atoms with Crippen LogP contribution >= 0.6 is 0 Å². The molecule has 9 heteroatoms. The van der Waals surface area contributed by atoms with Crippen molar-refractivity contribution >= 4 is 0 Å². The molecule has 0 saturated heterocycles. The molecule has 0 aliphatic carbocycles. The van der Waals surface area contributed by atoms with Crippen LogP contribution < -0.4 is 14.8 Å². The fourth-order valence-corrected chi connectivity index (χ4v) is 2.08. The summed E-state index contributed by atoms with van der Waals surface area (Å²) in [6, 6.07) is 11.0. The molecule has 0 saturated carbocycles. The summed E-state index contributed by atoms with van der Waals surface area (Å²) in [5.41, 5.74) is 0.433. The Kier molecular flexibility index (Phi) is 5.78. The normalized spacial score (nSPS) is 12.1. The van der Waals surface area contributed by atoms with Crippen LogP contribution in [0.1, 0.15) is 11.1 Å². The molecule has 0 radical (unpaired) electrons. The third-order valence-electron chi connectivity index (χ3n) is 3.03. The lowest BCUT2D eigenvalue weighted by Crippen LogP contribution is -2.21. The molecule has 0 heterocycles. The van der Waals surface area contributed by atoms with Crippen molar-refractivity contribution in [3.63, 3.8) is 0 Å². The van der Waals surface area contributed by atoms with Crippen molar-refractivity contribution in [3.05, 3.63) is 59.7 Å². The van der Waals surface area contributed by atoms with Gasteiger partial charge in [-0.25, -0.2) is 0 Å². The fourth-order valence-electron chi connectivity index (χ4n) is 2.08. The summed E-state index contributed by atoms with van der Waals surface area (Å²) >= 11 is 0. The Balaban J connectivity index is 2.03. The van der Waals surface area contributed by atoms with E-state index in [9.17, 15) is 26.3 Å². The number of hydrogen-bond donors (Lipinski definition) is 1. The molecule has 3 nitrogen and oxygen atoms in total. The highest BCUT2D eigenvalue weighted by molar-refractivity contribution is 5.35. The van der Waals surface area contributed by atoms with Crippen LogP contribution in [0.2, 0.25) is 0 Å². The Morgan fingerprint density at radius 3 is 1.36 bits per heavy atom. The Hall–Kier alpha value is -2.42. The Morgan fingerprint density at radius 2 is 1.00 bits per heavy atom. The van der Waals surface area contributed by atoms with Crippen LogP contribution in [0.25, 0.3) is 0 Å². The second-order valence-corrected chi connectivity index (χ2v) is 4.91. The SMILES string of the molecule is FC(F)(F)Oc1ccccc1CNCc1ccccc1OC(F)(F)F. The van der Waals surface area contributed by atoms with Gasteiger partial charge in [0, 0.05) is 24.2 Å². The molecular weight excluding hydrogens is 352 g/mol. The molecule has 2 aromatic carbocycles. The van der Waals surface area contributed by atoms with Crippen molar-refractivity contribution in [2.75, 3.05) is 0 Å². The van der Waals surface area contributed by atoms with Gasteiger partial charge in [0.15, 0.2) is 0 Å². The summed E-state index contributed by atoms with van der Waals surface area (Å²) in [4.78, 5) is 0. The van der Waals surface area contributed by atoms with E-state index in [0.717, 1.165) is 12.1 Å². The maximum absolute atomic E-state index is 12.4. The van der Waals surface area contributed by atoms with E-state index in [1.165, 1.54) is 36.4 Å². The molecule has 0 fully saturated rings. The average molecular weight is 365 g/mol. The van der Waals surface area contributed by atoms with E-state index < -0.39 is 12.7 Å². The highest BCUT2D eigenvalue weighted by Crippen LogP contribution is 2.28. The van der Waals surface area contributed by atoms with E-state index in [1.807, 2.05) is 0 Å². The topological polar surface area (TPSA) is 30.5 Å². The zero-order valence-electron chi connectivity index (χ0n) is 12.6. The van der Waals surface area contributed by atoms with Crippen LogP contribution in [0.3, 0.4) is 0 Å². The summed E-state index contributed by atoms with van der Waals surface area (Å²) < 4.78 is 81.9. The molecule has 136 valence electrons. The minimum atomic E-state index is -4.83. The van der Waals surface area contributed by atoms with Crippen LogP contribution in [0.4, 0.5) is 26.3 Å². The predicted octanol–water partition coefficient (Wildman–Crippen LogP) is 4.77. The molecule has 0 amide bonds. The molecule has 0 bridgehead atoms. The van der Waals surface area contributed by atoms with Crippen molar-refractivity contribution in [3.8, 4) is 11.5 Å². The number of benzene rings is 2. The Bertz CT molecular complexity index is 640. The monoisotopic (exact) mass is 365 g/mol. The molecule has 25 heavy (non-hydrogen) atoms. The molecular formula is C16H13F6NO2. The summed E-state index contributed by atoms with van der Waals surface area (Å²) in [6.45, 7) is -0.0702. The third kappa shape index (κ3) is 6.54. The number of nitrogens with one attached hydrogen (secondary N) is 1. The van der Waals surface area contributed by atoms with Gasteiger partial charge in [-0.2, -0.15) is 0 Å². The van der Waals surface area contributed by atoms with Crippen LogP contribution in [-0.4, -0.2) is 12.7 Å². The second-order valence-electron chi connectivity index (χ2n) is 4.91. The van der Waals surface area contributed by atoms with Crippen LogP contribution in [-0.2, 0) is 13.1 Å². The van der Waals surface area contributed by atoms with Crippen molar-refractivity contribution in [2.45, 2.75) is 25.8 Å². The van der Waals surface area contributed by atoms with E-state index >= 15 is 0 Å². The number of rotatable bonds is 6. The lowest BCUT2D eigenvalue weighted by atomic mass is 10.1. The number of alkyl halides is 6. The first-order valence-corrected chi connectivity index (χ1v) is 7.02.